The van der Waals surface area contributed by atoms with E-state index in [4.69, 9.17) is 11.6 Å². The Labute approximate surface area is 116 Å². The molecule has 0 amide bonds. The number of hydrogen-bond donors (Lipinski definition) is 0. The molecule has 1 saturated heterocycles. The van der Waals surface area contributed by atoms with E-state index in [9.17, 15) is 13.2 Å². The van der Waals surface area contributed by atoms with Gasteiger partial charge in [0, 0.05) is 19.0 Å². The van der Waals surface area contributed by atoms with E-state index in [1.165, 1.54) is 12.1 Å². The predicted octanol–water partition coefficient (Wildman–Crippen LogP) is 4.16. The van der Waals surface area contributed by atoms with Gasteiger partial charge in [-0.1, -0.05) is 18.2 Å². The highest BCUT2D eigenvalue weighted by molar-refractivity contribution is 6.17. The lowest BCUT2D eigenvalue weighted by Gasteiger charge is -2.17. The van der Waals surface area contributed by atoms with Gasteiger partial charge in [0.15, 0.2) is 0 Å². The molecular weight excluding hydrogens is 275 g/mol. The van der Waals surface area contributed by atoms with Crippen LogP contribution in [0.5, 0.6) is 0 Å². The third kappa shape index (κ3) is 4.11. The Morgan fingerprint density at radius 3 is 2.79 bits per heavy atom. The van der Waals surface area contributed by atoms with Crippen LogP contribution in [-0.2, 0) is 12.7 Å². The van der Waals surface area contributed by atoms with Crippen molar-refractivity contribution in [2.75, 3.05) is 19.0 Å². The molecule has 1 aromatic carbocycles. The molecule has 0 aliphatic carbocycles. The number of benzene rings is 1. The number of hydrogen-bond acceptors (Lipinski definition) is 1. The molecule has 1 aliphatic rings. The van der Waals surface area contributed by atoms with Crippen molar-refractivity contribution in [3.8, 4) is 0 Å². The molecule has 1 nitrogen and oxygen atoms in total. The summed E-state index contributed by atoms with van der Waals surface area (Å²) in [5, 5.41) is 0. The van der Waals surface area contributed by atoms with Crippen molar-refractivity contribution in [3.05, 3.63) is 35.4 Å². The van der Waals surface area contributed by atoms with E-state index < -0.39 is 11.7 Å². The van der Waals surface area contributed by atoms with Crippen LogP contribution in [0.2, 0.25) is 0 Å². The lowest BCUT2D eigenvalue weighted by Crippen LogP contribution is -2.20. The molecule has 1 aromatic rings. The van der Waals surface area contributed by atoms with E-state index in [1.54, 1.807) is 6.07 Å². The quantitative estimate of drug-likeness (QED) is 0.753. The van der Waals surface area contributed by atoms with Gasteiger partial charge in [-0.15, -0.1) is 11.6 Å². The molecule has 0 aromatic heterocycles. The second-order valence-electron chi connectivity index (χ2n) is 5.07. The number of likely N-dealkylation sites (tertiary alicyclic amines) is 1. The lowest BCUT2D eigenvalue weighted by molar-refractivity contribution is -0.137. The molecule has 0 N–H and O–H groups in total. The van der Waals surface area contributed by atoms with Gasteiger partial charge < -0.3 is 0 Å². The third-order valence-electron chi connectivity index (χ3n) is 3.55. The predicted molar refractivity (Wildman–Crippen MR) is 70.2 cm³/mol. The van der Waals surface area contributed by atoms with Crippen molar-refractivity contribution >= 4 is 11.6 Å². The average molecular weight is 292 g/mol. The minimum atomic E-state index is -4.26. The highest BCUT2D eigenvalue weighted by Crippen LogP contribution is 2.30. The Morgan fingerprint density at radius 2 is 2.11 bits per heavy atom. The van der Waals surface area contributed by atoms with Crippen molar-refractivity contribution in [2.45, 2.75) is 25.6 Å². The first-order valence-electron chi connectivity index (χ1n) is 6.43. The summed E-state index contributed by atoms with van der Waals surface area (Å²) in [5.41, 5.74) is 0.155. The first kappa shape index (κ1) is 14.7. The zero-order valence-electron chi connectivity index (χ0n) is 10.6. The molecule has 0 saturated carbocycles. The van der Waals surface area contributed by atoms with Crippen molar-refractivity contribution in [1.29, 1.82) is 0 Å². The van der Waals surface area contributed by atoms with Crippen molar-refractivity contribution < 1.29 is 13.2 Å². The van der Waals surface area contributed by atoms with E-state index >= 15 is 0 Å². The Bertz CT molecular complexity index is 419. The van der Waals surface area contributed by atoms with Crippen molar-refractivity contribution in [1.82, 2.24) is 4.90 Å². The maximum atomic E-state index is 12.6. The fraction of sp³-hybridized carbons (Fsp3) is 0.571. The zero-order chi connectivity index (χ0) is 13.9. The molecule has 1 fully saturated rings. The van der Waals surface area contributed by atoms with Crippen LogP contribution in [0.25, 0.3) is 0 Å². The number of halogens is 4. The minimum absolute atomic E-state index is 0.568. The molecule has 1 aliphatic heterocycles. The number of rotatable bonds is 4. The standard InChI is InChI=1S/C14H17ClF3N/c15-6-4-11-5-7-19(9-11)10-12-2-1-3-13(8-12)14(16,17)18/h1-3,8,11H,4-7,9-10H2. The largest absolute Gasteiger partial charge is 0.416 e. The second-order valence-corrected chi connectivity index (χ2v) is 5.44. The van der Waals surface area contributed by atoms with Crippen LogP contribution in [0.3, 0.4) is 0 Å². The highest BCUT2D eigenvalue weighted by Gasteiger charge is 2.30. The van der Waals surface area contributed by atoms with Gasteiger partial charge in [-0.3, -0.25) is 4.90 Å². The van der Waals surface area contributed by atoms with Crippen LogP contribution in [0.15, 0.2) is 24.3 Å². The molecule has 19 heavy (non-hydrogen) atoms. The molecule has 1 unspecified atom stereocenters. The summed E-state index contributed by atoms with van der Waals surface area (Å²) < 4.78 is 37.8. The monoisotopic (exact) mass is 291 g/mol. The Hall–Kier alpha value is -0.740. The maximum absolute atomic E-state index is 12.6. The van der Waals surface area contributed by atoms with E-state index in [1.807, 2.05) is 0 Å². The van der Waals surface area contributed by atoms with Gasteiger partial charge in [-0.05, 0) is 36.9 Å². The van der Waals surface area contributed by atoms with Crippen LogP contribution in [0.4, 0.5) is 13.2 Å². The summed E-state index contributed by atoms with van der Waals surface area (Å²) in [4.78, 5) is 2.20. The van der Waals surface area contributed by atoms with Crippen molar-refractivity contribution in [2.24, 2.45) is 5.92 Å². The fourth-order valence-corrected chi connectivity index (χ4v) is 2.86. The van der Waals surface area contributed by atoms with Crippen LogP contribution < -0.4 is 0 Å². The van der Waals surface area contributed by atoms with Gasteiger partial charge >= 0.3 is 6.18 Å². The SMILES string of the molecule is FC(F)(F)c1cccc(CN2CCC(CCCl)C2)c1. The molecule has 5 heteroatoms. The van der Waals surface area contributed by atoms with Gasteiger partial charge in [-0.2, -0.15) is 13.2 Å². The molecule has 0 radical (unpaired) electrons. The normalized spacial score (nSPS) is 20.9. The number of nitrogens with zero attached hydrogens (tertiary/aromatic N) is 1. The van der Waals surface area contributed by atoms with Crippen LogP contribution in [0, 0.1) is 5.92 Å². The van der Waals surface area contributed by atoms with Crippen LogP contribution in [0.1, 0.15) is 24.0 Å². The minimum Gasteiger partial charge on any atom is -0.299 e. The summed E-state index contributed by atoms with van der Waals surface area (Å²) in [5.74, 6) is 1.24. The van der Waals surface area contributed by atoms with Gasteiger partial charge in [0.25, 0.3) is 0 Å². The van der Waals surface area contributed by atoms with Gasteiger partial charge in [0.1, 0.15) is 0 Å². The van der Waals surface area contributed by atoms with Gasteiger partial charge in [0.2, 0.25) is 0 Å². The molecule has 2 rings (SSSR count). The zero-order valence-corrected chi connectivity index (χ0v) is 11.3. The Morgan fingerprint density at radius 1 is 1.32 bits per heavy atom. The van der Waals surface area contributed by atoms with Gasteiger partial charge in [0.05, 0.1) is 5.56 Å². The second kappa shape index (κ2) is 6.14. The molecule has 1 atom stereocenters. The Kier molecular flexibility index (Phi) is 4.74. The molecule has 0 bridgehead atoms. The lowest BCUT2D eigenvalue weighted by atomic mass is 10.1. The molecule has 106 valence electrons. The summed E-state index contributed by atoms with van der Waals surface area (Å²) >= 11 is 5.72. The molecule has 0 spiro atoms. The fourth-order valence-electron chi connectivity index (χ4n) is 2.55. The van der Waals surface area contributed by atoms with E-state index in [0.717, 1.165) is 37.6 Å². The van der Waals surface area contributed by atoms with Crippen LogP contribution >= 0.6 is 11.6 Å². The molecular formula is C14H17ClF3N. The summed E-state index contributed by atoms with van der Waals surface area (Å²) in [7, 11) is 0. The Balaban J connectivity index is 1.97. The van der Waals surface area contributed by atoms with E-state index in [0.29, 0.717) is 18.3 Å². The highest BCUT2D eigenvalue weighted by atomic mass is 35.5. The summed E-state index contributed by atoms with van der Waals surface area (Å²) in [6, 6.07) is 5.59. The maximum Gasteiger partial charge on any atom is 0.416 e. The van der Waals surface area contributed by atoms with E-state index in [2.05, 4.69) is 4.90 Å². The van der Waals surface area contributed by atoms with Crippen molar-refractivity contribution in [3.63, 3.8) is 0 Å². The number of alkyl halides is 4. The summed E-state index contributed by atoms with van der Waals surface area (Å²) in [6.45, 7) is 2.46. The smallest absolute Gasteiger partial charge is 0.299 e. The van der Waals surface area contributed by atoms with Gasteiger partial charge in [-0.25, -0.2) is 0 Å². The average Bonchev–Trinajstić information content (AvgIpc) is 2.76. The topological polar surface area (TPSA) is 3.24 Å². The first-order valence-corrected chi connectivity index (χ1v) is 6.97. The van der Waals surface area contributed by atoms with E-state index in [-0.39, 0.29) is 0 Å². The summed E-state index contributed by atoms with van der Waals surface area (Å²) in [6.07, 6.45) is -2.19. The third-order valence-corrected chi connectivity index (χ3v) is 3.77. The van der Waals surface area contributed by atoms with Crippen LogP contribution in [-0.4, -0.2) is 23.9 Å². The molecule has 1 heterocycles. The first-order chi connectivity index (χ1) is 8.99.